The van der Waals surface area contributed by atoms with Crippen molar-refractivity contribution in [3.8, 4) is 0 Å². The molecule has 0 bridgehead atoms. The summed E-state index contributed by atoms with van der Waals surface area (Å²) in [5.41, 5.74) is 4.67. The lowest BCUT2D eigenvalue weighted by Crippen LogP contribution is -2.32. The van der Waals surface area contributed by atoms with Gasteiger partial charge in [0, 0.05) is 25.5 Å². The fourth-order valence-corrected chi connectivity index (χ4v) is 2.59. The molecule has 2 N–H and O–H groups in total. The minimum absolute atomic E-state index is 0.634. The summed E-state index contributed by atoms with van der Waals surface area (Å²) in [6.45, 7) is 3.52. The van der Waals surface area contributed by atoms with Crippen molar-refractivity contribution in [1.82, 2.24) is 15.1 Å². The lowest BCUT2D eigenvalue weighted by Gasteiger charge is -2.12. The molecule has 0 aliphatic carbocycles. The van der Waals surface area contributed by atoms with Gasteiger partial charge in [0.2, 0.25) is 0 Å². The van der Waals surface area contributed by atoms with Crippen molar-refractivity contribution in [3.05, 3.63) is 83.7 Å². The van der Waals surface area contributed by atoms with Crippen LogP contribution in [0.1, 0.15) is 16.7 Å². The van der Waals surface area contributed by atoms with Crippen LogP contribution in [0.3, 0.4) is 0 Å². The second kappa shape index (κ2) is 8.85. The van der Waals surface area contributed by atoms with Crippen molar-refractivity contribution in [1.29, 1.82) is 0 Å². The second-order valence-corrected chi connectivity index (χ2v) is 6.34. The molecule has 0 saturated carbocycles. The molecule has 5 heteroatoms. The third kappa shape index (κ3) is 5.48. The first-order valence-electron chi connectivity index (χ1n) is 8.82. The van der Waals surface area contributed by atoms with Crippen LogP contribution in [0.15, 0.2) is 72.0 Å². The first-order chi connectivity index (χ1) is 12.7. The van der Waals surface area contributed by atoms with E-state index < -0.39 is 0 Å². The Balaban J connectivity index is 1.64. The first-order valence-corrected chi connectivity index (χ1v) is 8.82. The van der Waals surface area contributed by atoms with Gasteiger partial charge in [-0.05, 0) is 36.6 Å². The molecule has 1 aromatic heterocycles. The molecule has 0 amide bonds. The van der Waals surface area contributed by atoms with E-state index in [1.807, 2.05) is 54.5 Å². The highest BCUT2D eigenvalue weighted by Crippen LogP contribution is 2.07. The number of benzene rings is 2. The molecule has 26 heavy (non-hydrogen) atoms. The topological polar surface area (TPSA) is 54.2 Å². The van der Waals surface area contributed by atoms with E-state index in [2.05, 4.69) is 46.9 Å². The Morgan fingerprint density at radius 1 is 1.04 bits per heavy atom. The summed E-state index contributed by atoms with van der Waals surface area (Å²) >= 11 is 0. The number of aliphatic imine (C=N–C) groups is 1. The fourth-order valence-electron chi connectivity index (χ4n) is 2.59. The van der Waals surface area contributed by atoms with Gasteiger partial charge in [-0.1, -0.05) is 48.0 Å². The number of nitrogens with one attached hydrogen (secondary N) is 2. The van der Waals surface area contributed by atoms with Crippen molar-refractivity contribution in [2.24, 2.45) is 12.0 Å². The van der Waals surface area contributed by atoms with Crippen LogP contribution >= 0.6 is 0 Å². The Morgan fingerprint density at radius 3 is 2.50 bits per heavy atom. The van der Waals surface area contributed by atoms with Gasteiger partial charge in [-0.3, -0.25) is 4.68 Å². The van der Waals surface area contributed by atoms with Crippen molar-refractivity contribution >= 4 is 11.6 Å². The molecule has 2 aromatic carbocycles. The zero-order valence-corrected chi connectivity index (χ0v) is 15.3. The van der Waals surface area contributed by atoms with Crippen molar-refractivity contribution in [3.63, 3.8) is 0 Å². The minimum Gasteiger partial charge on any atom is -0.356 e. The van der Waals surface area contributed by atoms with Gasteiger partial charge in [0.1, 0.15) is 0 Å². The Kier molecular flexibility index (Phi) is 6.04. The number of anilines is 1. The lowest BCUT2D eigenvalue weighted by molar-refractivity contribution is 0.766. The Bertz CT molecular complexity index is 834. The van der Waals surface area contributed by atoms with Crippen molar-refractivity contribution in [2.45, 2.75) is 19.9 Å². The molecule has 0 spiro atoms. The summed E-state index contributed by atoms with van der Waals surface area (Å²) in [6, 6.07) is 18.6. The van der Waals surface area contributed by atoms with Crippen LogP contribution in [0.25, 0.3) is 0 Å². The summed E-state index contributed by atoms with van der Waals surface area (Å²) in [5.74, 6) is 0.778. The quantitative estimate of drug-likeness (QED) is 0.530. The molecular formula is C21H25N5. The lowest BCUT2D eigenvalue weighted by atomic mass is 10.1. The number of hydrogen-bond donors (Lipinski definition) is 2. The van der Waals surface area contributed by atoms with E-state index in [4.69, 9.17) is 4.99 Å². The number of para-hydroxylation sites is 1. The maximum absolute atomic E-state index is 4.73. The first kappa shape index (κ1) is 17.7. The maximum atomic E-state index is 4.73. The minimum atomic E-state index is 0.634. The van der Waals surface area contributed by atoms with E-state index in [1.165, 1.54) is 16.7 Å². The third-order valence-corrected chi connectivity index (χ3v) is 4.04. The predicted molar refractivity (Wildman–Crippen MR) is 107 cm³/mol. The van der Waals surface area contributed by atoms with Gasteiger partial charge in [0.15, 0.2) is 5.96 Å². The molecule has 0 aliphatic heterocycles. The molecule has 0 fully saturated rings. The van der Waals surface area contributed by atoms with Crippen LogP contribution in [-0.2, 0) is 20.0 Å². The van der Waals surface area contributed by atoms with E-state index >= 15 is 0 Å². The van der Waals surface area contributed by atoms with E-state index in [0.717, 1.165) is 24.6 Å². The number of rotatable bonds is 6. The summed E-state index contributed by atoms with van der Waals surface area (Å²) in [4.78, 5) is 4.73. The monoisotopic (exact) mass is 347 g/mol. The molecule has 1 heterocycles. The normalized spacial score (nSPS) is 11.4. The van der Waals surface area contributed by atoms with Crippen LogP contribution in [0.5, 0.6) is 0 Å². The summed E-state index contributed by atoms with van der Waals surface area (Å²) in [5, 5.41) is 11.0. The SMILES string of the molecule is Cc1ccc(CN=C(NCCc2cnn(C)c2)Nc2ccccc2)cc1. The van der Waals surface area contributed by atoms with Gasteiger partial charge < -0.3 is 10.6 Å². The molecule has 134 valence electrons. The zero-order chi connectivity index (χ0) is 18.2. The molecule has 0 saturated heterocycles. The number of nitrogens with zero attached hydrogens (tertiary/aromatic N) is 3. The van der Waals surface area contributed by atoms with Crippen LogP contribution < -0.4 is 10.6 Å². The van der Waals surface area contributed by atoms with Crippen LogP contribution in [0, 0.1) is 6.92 Å². The van der Waals surface area contributed by atoms with Crippen molar-refractivity contribution in [2.75, 3.05) is 11.9 Å². The van der Waals surface area contributed by atoms with Crippen LogP contribution in [-0.4, -0.2) is 22.3 Å². The molecule has 0 radical (unpaired) electrons. The molecule has 0 atom stereocenters. The van der Waals surface area contributed by atoms with Gasteiger partial charge in [0.25, 0.3) is 0 Å². The smallest absolute Gasteiger partial charge is 0.196 e. The molecule has 3 aromatic rings. The van der Waals surface area contributed by atoms with Gasteiger partial charge >= 0.3 is 0 Å². The van der Waals surface area contributed by atoms with Gasteiger partial charge in [0.05, 0.1) is 12.7 Å². The number of hydrogen-bond acceptors (Lipinski definition) is 2. The summed E-state index contributed by atoms with van der Waals surface area (Å²) in [6.07, 6.45) is 4.83. The number of aromatic nitrogens is 2. The molecule has 3 rings (SSSR count). The van der Waals surface area contributed by atoms with Gasteiger partial charge in [-0.25, -0.2) is 4.99 Å². The average Bonchev–Trinajstić information content (AvgIpc) is 3.07. The largest absolute Gasteiger partial charge is 0.356 e. The van der Waals surface area contributed by atoms with Crippen molar-refractivity contribution < 1.29 is 0 Å². The Morgan fingerprint density at radius 2 is 1.81 bits per heavy atom. The molecule has 5 nitrogen and oxygen atoms in total. The maximum Gasteiger partial charge on any atom is 0.196 e. The number of guanidine groups is 1. The highest BCUT2D eigenvalue weighted by Gasteiger charge is 2.02. The highest BCUT2D eigenvalue weighted by atomic mass is 15.2. The zero-order valence-electron chi connectivity index (χ0n) is 15.3. The fraction of sp³-hybridized carbons (Fsp3) is 0.238. The van der Waals surface area contributed by atoms with Crippen LogP contribution in [0.4, 0.5) is 5.69 Å². The van der Waals surface area contributed by atoms with E-state index in [0.29, 0.717) is 6.54 Å². The molecular weight excluding hydrogens is 322 g/mol. The standard InChI is InChI=1S/C21H25N5/c1-17-8-10-18(11-9-17)14-23-21(25-20-6-4-3-5-7-20)22-13-12-19-15-24-26(2)16-19/h3-11,15-16H,12-14H2,1-2H3,(H2,22,23,25). The average molecular weight is 347 g/mol. The van der Waals surface area contributed by atoms with E-state index in [1.54, 1.807) is 0 Å². The van der Waals surface area contributed by atoms with Gasteiger partial charge in [-0.15, -0.1) is 0 Å². The third-order valence-electron chi connectivity index (χ3n) is 4.04. The summed E-state index contributed by atoms with van der Waals surface area (Å²) < 4.78 is 1.82. The predicted octanol–water partition coefficient (Wildman–Crippen LogP) is 3.53. The summed E-state index contributed by atoms with van der Waals surface area (Å²) in [7, 11) is 1.93. The molecule has 0 aliphatic rings. The van der Waals surface area contributed by atoms with Gasteiger partial charge in [-0.2, -0.15) is 5.10 Å². The van der Waals surface area contributed by atoms with E-state index in [-0.39, 0.29) is 0 Å². The second-order valence-electron chi connectivity index (χ2n) is 6.34. The number of aryl methyl sites for hydroxylation is 2. The Hall–Kier alpha value is -3.08. The van der Waals surface area contributed by atoms with E-state index in [9.17, 15) is 0 Å². The highest BCUT2D eigenvalue weighted by molar-refractivity contribution is 5.93. The Labute approximate surface area is 154 Å². The van der Waals surface area contributed by atoms with Crippen LogP contribution in [0.2, 0.25) is 0 Å². The molecule has 0 unspecified atom stereocenters.